The van der Waals surface area contributed by atoms with Crippen LogP contribution in [0.3, 0.4) is 0 Å². The van der Waals surface area contributed by atoms with Crippen LogP contribution in [0, 0.1) is 11.3 Å². The van der Waals surface area contributed by atoms with Crippen molar-refractivity contribution in [2.24, 2.45) is 27.8 Å². The van der Waals surface area contributed by atoms with Crippen LogP contribution in [0.1, 0.15) is 94.9 Å². The van der Waals surface area contributed by atoms with Crippen LogP contribution in [0.2, 0.25) is 0 Å². The summed E-state index contributed by atoms with van der Waals surface area (Å²) < 4.78 is 0. The van der Waals surface area contributed by atoms with Crippen molar-refractivity contribution in [3.63, 3.8) is 0 Å². The highest BCUT2D eigenvalue weighted by molar-refractivity contribution is 5.86. The molecule has 0 radical (unpaired) electrons. The number of carbonyl (C=O) groups is 4. The lowest BCUT2D eigenvalue weighted by atomic mass is 9.70. The second kappa shape index (κ2) is 20.3. The van der Waals surface area contributed by atoms with Crippen LogP contribution < -0.4 is 32.7 Å². The van der Waals surface area contributed by atoms with E-state index in [2.05, 4.69) is 40.1 Å². The molecule has 38 heavy (non-hydrogen) atoms. The van der Waals surface area contributed by atoms with Crippen LogP contribution in [0.4, 0.5) is 0 Å². The highest BCUT2D eigenvalue weighted by atomic mass is 16.2. The maximum atomic E-state index is 12.2. The topological polar surface area (TPSA) is 181 Å². The van der Waals surface area contributed by atoms with E-state index in [0.29, 0.717) is 12.8 Å². The Kier molecular flexibility index (Phi) is 21.3. The number of nitrogens with zero attached hydrogens (tertiary/aromatic N) is 1. The molecular weight excluding hydrogens is 486 g/mol. The minimum absolute atomic E-state index is 0.0789. The molecule has 0 heterocycles. The van der Waals surface area contributed by atoms with Crippen LogP contribution in [0.5, 0.6) is 0 Å². The predicted molar refractivity (Wildman–Crippen MR) is 157 cm³/mol. The number of rotatable bonds is 15. The molecule has 8 N–H and O–H groups in total. The molecule has 0 aromatic carbocycles. The number of nitrogens with two attached hydrogens (primary N) is 2. The minimum atomic E-state index is -0.900. The van der Waals surface area contributed by atoms with Gasteiger partial charge in [-0.2, -0.15) is 0 Å². The number of amides is 3. The van der Waals surface area contributed by atoms with E-state index in [0.717, 1.165) is 25.7 Å². The number of hydrogen-bond donors (Lipinski definition) is 6. The largest absolute Gasteiger partial charge is 0.370 e. The SMILES string of the molecule is CC.CCCN=C(N)N.CNCC(=O)NCC(=O)NC(C)(C)C(C)(C)CCC[C@](C)(C=O)NC(=O)C(C)C. The summed E-state index contributed by atoms with van der Waals surface area (Å²) in [5, 5.41) is 11.1. The maximum Gasteiger partial charge on any atom is 0.239 e. The van der Waals surface area contributed by atoms with Gasteiger partial charge in [0.15, 0.2) is 5.96 Å². The zero-order chi connectivity index (χ0) is 30.6. The predicted octanol–water partition coefficient (Wildman–Crippen LogP) is 1.84. The lowest BCUT2D eigenvalue weighted by Gasteiger charge is -2.43. The fourth-order valence-corrected chi connectivity index (χ4v) is 2.99. The van der Waals surface area contributed by atoms with E-state index in [-0.39, 0.29) is 48.1 Å². The summed E-state index contributed by atoms with van der Waals surface area (Å²) in [5.41, 5.74) is 8.31. The number of carbonyl (C=O) groups excluding carboxylic acids is 4. The molecule has 11 nitrogen and oxygen atoms in total. The lowest BCUT2D eigenvalue weighted by molar-refractivity contribution is -0.129. The van der Waals surface area contributed by atoms with Gasteiger partial charge in [-0.15, -0.1) is 0 Å². The monoisotopic (exact) mass is 543 g/mol. The van der Waals surface area contributed by atoms with E-state index in [4.69, 9.17) is 11.5 Å². The van der Waals surface area contributed by atoms with Crippen molar-refractivity contribution in [1.29, 1.82) is 0 Å². The Morgan fingerprint density at radius 1 is 0.921 bits per heavy atom. The van der Waals surface area contributed by atoms with E-state index in [9.17, 15) is 19.2 Å². The van der Waals surface area contributed by atoms with Gasteiger partial charge in [-0.25, -0.2) is 0 Å². The average Bonchev–Trinajstić information content (AvgIpc) is 2.82. The second-order valence-electron chi connectivity index (χ2n) is 10.7. The van der Waals surface area contributed by atoms with Gasteiger partial charge < -0.3 is 37.5 Å². The van der Waals surface area contributed by atoms with Crippen LogP contribution in [-0.4, -0.2) is 67.7 Å². The normalized spacial score (nSPS) is 12.4. The third-order valence-electron chi connectivity index (χ3n) is 6.14. The molecule has 224 valence electrons. The van der Waals surface area contributed by atoms with Crippen molar-refractivity contribution in [1.82, 2.24) is 21.3 Å². The molecule has 0 aromatic rings. The van der Waals surface area contributed by atoms with Crippen molar-refractivity contribution in [2.75, 3.05) is 26.7 Å². The summed E-state index contributed by atoms with van der Waals surface area (Å²) in [6, 6.07) is 0. The zero-order valence-electron chi connectivity index (χ0n) is 25.8. The number of aldehydes is 1. The van der Waals surface area contributed by atoms with E-state index >= 15 is 0 Å². The first-order valence-corrected chi connectivity index (χ1v) is 13.5. The Morgan fingerprint density at radius 3 is 1.87 bits per heavy atom. The molecule has 0 fully saturated rings. The van der Waals surface area contributed by atoms with Crippen molar-refractivity contribution in [2.45, 2.75) is 106 Å². The fraction of sp³-hybridized carbons (Fsp3) is 0.815. The average molecular weight is 544 g/mol. The molecule has 3 amide bonds. The first-order chi connectivity index (χ1) is 17.5. The Bertz CT molecular complexity index is 733. The van der Waals surface area contributed by atoms with Gasteiger partial charge in [-0.05, 0) is 52.5 Å². The summed E-state index contributed by atoms with van der Waals surface area (Å²) >= 11 is 0. The summed E-state index contributed by atoms with van der Waals surface area (Å²) in [5.74, 6) is -0.646. The van der Waals surface area contributed by atoms with E-state index < -0.39 is 11.1 Å². The Labute approximate surface area is 231 Å². The van der Waals surface area contributed by atoms with Gasteiger partial charge >= 0.3 is 0 Å². The van der Waals surface area contributed by atoms with Crippen LogP contribution >= 0.6 is 0 Å². The first kappa shape index (κ1) is 39.8. The minimum Gasteiger partial charge on any atom is -0.370 e. The Hall–Kier alpha value is -2.69. The first-order valence-electron chi connectivity index (χ1n) is 13.5. The standard InChI is InChI=1S/C21H40N4O4.C4H11N3.C2H6/c1-15(2)18(29)25-21(7,14-26)11-9-10-19(3,4)20(5,6)24-17(28)13-23-16(27)12-22-8;1-2-3-7-4(5)6;1-2/h14-15,22H,9-13H2,1-8H3,(H,23,27)(H,24,28)(H,25,29);2-3H2,1H3,(H4,5,6,7);1-2H3/t21-;;/m1../s1. The van der Waals surface area contributed by atoms with Gasteiger partial charge in [0.05, 0.1) is 18.6 Å². The van der Waals surface area contributed by atoms with Crippen LogP contribution in [0.25, 0.3) is 0 Å². The lowest BCUT2D eigenvalue weighted by Crippen LogP contribution is -2.56. The highest BCUT2D eigenvalue weighted by Crippen LogP contribution is 2.36. The summed E-state index contributed by atoms with van der Waals surface area (Å²) in [6.07, 6.45) is 3.76. The second-order valence-corrected chi connectivity index (χ2v) is 10.7. The van der Waals surface area contributed by atoms with E-state index in [1.54, 1.807) is 27.8 Å². The number of aliphatic imine (C=N–C) groups is 1. The van der Waals surface area contributed by atoms with Crippen LogP contribution in [-0.2, 0) is 19.2 Å². The molecule has 0 aromatic heterocycles. The van der Waals surface area contributed by atoms with Crippen molar-refractivity contribution < 1.29 is 19.2 Å². The van der Waals surface area contributed by atoms with Gasteiger partial charge in [0, 0.05) is 18.0 Å². The molecule has 11 heteroatoms. The van der Waals surface area contributed by atoms with Gasteiger partial charge in [0.25, 0.3) is 0 Å². The molecular formula is C27H57N7O4. The molecule has 0 saturated carbocycles. The molecule has 0 rings (SSSR count). The van der Waals surface area contributed by atoms with Gasteiger partial charge in [0.2, 0.25) is 17.7 Å². The Balaban J connectivity index is -0.00000117. The molecule has 0 unspecified atom stereocenters. The number of guanidine groups is 1. The molecule has 0 aliphatic rings. The van der Waals surface area contributed by atoms with Gasteiger partial charge in [-0.1, -0.05) is 54.9 Å². The highest BCUT2D eigenvalue weighted by Gasteiger charge is 2.38. The Morgan fingerprint density at radius 2 is 1.47 bits per heavy atom. The number of nitrogens with one attached hydrogen (secondary N) is 4. The summed E-state index contributed by atoms with van der Waals surface area (Å²) in [7, 11) is 1.66. The van der Waals surface area contributed by atoms with Gasteiger partial charge in [-0.3, -0.25) is 19.4 Å². The molecule has 0 aliphatic carbocycles. The summed E-state index contributed by atoms with van der Waals surface area (Å²) in [6.45, 7) is 20.1. The van der Waals surface area contributed by atoms with Gasteiger partial charge in [0.1, 0.15) is 6.29 Å². The zero-order valence-corrected chi connectivity index (χ0v) is 25.8. The summed E-state index contributed by atoms with van der Waals surface area (Å²) in [4.78, 5) is 50.9. The smallest absolute Gasteiger partial charge is 0.239 e. The van der Waals surface area contributed by atoms with Crippen LogP contribution in [0.15, 0.2) is 4.99 Å². The number of likely N-dealkylation sites (N-methyl/N-ethyl adjacent to an activating group) is 1. The molecule has 0 aliphatic heterocycles. The van der Waals surface area contributed by atoms with Crippen molar-refractivity contribution in [3.05, 3.63) is 0 Å². The van der Waals surface area contributed by atoms with Crippen molar-refractivity contribution in [3.8, 4) is 0 Å². The molecule has 0 saturated heterocycles. The third-order valence-corrected chi connectivity index (χ3v) is 6.14. The maximum absolute atomic E-state index is 12.2. The number of hydrogen-bond acceptors (Lipinski definition) is 6. The van der Waals surface area contributed by atoms with E-state index in [1.807, 2.05) is 34.6 Å². The quantitative estimate of drug-likeness (QED) is 0.103. The molecule has 0 bridgehead atoms. The molecule has 1 atom stereocenters. The van der Waals surface area contributed by atoms with E-state index in [1.165, 1.54) is 0 Å². The fourth-order valence-electron chi connectivity index (χ4n) is 2.99. The third kappa shape index (κ3) is 18.5. The molecule has 0 spiro atoms. The van der Waals surface area contributed by atoms with Crippen molar-refractivity contribution >= 4 is 30.0 Å².